The average Bonchev–Trinajstić information content (AvgIpc) is 3.45. The summed E-state index contributed by atoms with van der Waals surface area (Å²) in [5, 5.41) is 27.1. The van der Waals surface area contributed by atoms with Crippen LogP contribution in [0.15, 0.2) is 48.8 Å². The second-order valence-corrected chi connectivity index (χ2v) is 8.40. The quantitative estimate of drug-likeness (QED) is 0.263. The lowest BCUT2D eigenvalue weighted by Crippen LogP contribution is -2.08. The molecule has 0 saturated heterocycles. The van der Waals surface area contributed by atoms with Crippen molar-refractivity contribution in [2.45, 2.75) is 32.0 Å². The lowest BCUT2D eigenvalue weighted by atomic mass is 10.1. The van der Waals surface area contributed by atoms with Crippen LogP contribution in [0.4, 0.5) is 21.5 Å². The van der Waals surface area contributed by atoms with Crippen molar-refractivity contribution in [3.05, 3.63) is 77.0 Å². The van der Waals surface area contributed by atoms with Gasteiger partial charge in [0.2, 0.25) is 0 Å². The number of pyridine rings is 1. The van der Waals surface area contributed by atoms with Crippen molar-refractivity contribution in [2.24, 2.45) is 0 Å². The van der Waals surface area contributed by atoms with Gasteiger partial charge in [0.25, 0.3) is 0 Å². The standard InChI is InChI=1S/C26H27FN4O3/c1-34-26-21(31-19-10-12-29-25-18(19)5-8-22(25)33)7-6-20(23(26)27)28-11-9-15-13-30-24-16(14-32)3-2-4-17(15)24/h2-4,6-7,10,12-13,22,28,30,32-33H,5,8-9,11,14H2,1H3,(H,29,31). The molecule has 0 fully saturated rings. The second-order valence-electron chi connectivity index (χ2n) is 8.40. The Hall–Kier alpha value is -3.62. The molecule has 2 aromatic carbocycles. The molecule has 2 aromatic heterocycles. The minimum absolute atomic E-state index is 0.0240. The molecule has 176 valence electrons. The number of hydrogen-bond acceptors (Lipinski definition) is 6. The summed E-state index contributed by atoms with van der Waals surface area (Å²) >= 11 is 0. The molecule has 0 amide bonds. The summed E-state index contributed by atoms with van der Waals surface area (Å²) in [7, 11) is 1.44. The van der Waals surface area contributed by atoms with Crippen LogP contribution in [0.3, 0.4) is 0 Å². The normalized spacial score (nSPS) is 14.9. The fraction of sp³-hybridized carbons (Fsp3) is 0.269. The molecule has 0 spiro atoms. The number of hydrogen-bond donors (Lipinski definition) is 5. The Morgan fingerprint density at radius 2 is 2.00 bits per heavy atom. The van der Waals surface area contributed by atoms with Gasteiger partial charge in [-0.1, -0.05) is 18.2 Å². The highest BCUT2D eigenvalue weighted by Crippen LogP contribution is 2.39. The summed E-state index contributed by atoms with van der Waals surface area (Å²) in [6.07, 6.45) is 5.04. The molecule has 34 heavy (non-hydrogen) atoms. The van der Waals surface area contributed by atoms with Crippen molar-refractivity contribution < 1.29 is 19.3 Å². The summed E-state index contributed by atoms with van der Waals surface area (Å²) in [5.41, 5.74) is 6.15. The van der Waals surface area contributed by atoms with Gasteiger partial charge in [0, 0.05) is 35.6 Å². The third-order valence-corrected chi connectivity index (χ3v) is 6.41. The van der Waals surface area contributed by atoms with E-state index in [1.165, 1.54) is 7.11 Å². The zero-order chi connectivity index (χ0) is 23.7. The molecule has 1 atom stereocenters. The van der Waals surface area contributed by atoms with Crippen LogP contribution in [-0.4, -0.2) is 33.8 Å². The zero-order valence-electron chi connectivity index (χ0n) is 18.9. The number of para-hydroxylation sites is 1. The third-order valence-electron chi connectivity index (χ3n) is 6.41. The number of aromatic amines is 1. The highest BCUT2D eigenvalue weighted by atomic mass is 19.1. The van der Waals surface area contributed by atoms with Crippen molar-refractivity contribution in [1.82, 2.24) is 9.97 Å². The Morgan fingerprint density at radius 3 is 2.82 bits per heavy atom. The van der Waals surface area contributed by atoms with E-state index >= 15 is 4.39 Å². The molecule has 0 bridgehead atoms. The van der Waals surface area contributed by atoms with Crippen molar-refractivity contribution in [3.8, 4) is 5.75 Å². The van der Waals surface area contributed by atoms with Crippen LogP contribution in [0.1, 0.15) is 34.9 Å². The van der Waals surface area contributed by atoms with Crippen LogP contribution < -0.4 is 15.4 Å². The van der Waals surface area contributed by atoms with Gasteiger partial charge in [-0.15, -0.1) is 0 Å². The first kappa shape index (κ1) is 22.2. The lowest BCUT2D eigenvalue weighted by molar-refractivity contribution is 0.176. The van der Waals surface area contributed by atoms with Crippen LogP contribution in [0.2, 0.25) is 0 Å². The van der Waals surface area contributed by atoms with Gasteiger partial charge >= 0.3 is 0 Å². The average molecular weight is 463 g/mol. The van der Waals surface area contributed by atoms with Gasteiger partial charge in [-0.3, -0.25) is 4.98 Å². The van der Waals surface area contributed by atoms with Gasteiger partial charge in [-0.05, 0) is 48.6 Å². The monoisotopic (exact) mass is 462 g/mol. The van der Waals surface area contributed by atoms with Crippen LogP contribution in [0.5, 0.6) is 5.75 Å². The molecular formula is C26H27FN4O3. The van der Waals surface area contributed by atoms with Gasteiger partial charge in [-0.25, -0.2) is 4.39 Å². The maximum absolute atomic E-state index is 15.3. The second kappa shape index (κ2) is 9.32. The molecule has 0 saturated carbocycles. The minimum atomic E-state index is -0.561. The Labute approximate surface area is 196 Å². The summed E-state index contributed by atoms with van der Waals surface area (Å²) in [6.45, 7) is 0.503. The smallest absolute Gasteiger partial charge is 0.190 e. The van der Waals surface area contributed by atoms with Crippen molar-refractivity contribution in [2.75, 3.05) is 24.3 Å². The summed E-state index contributed by atoms with van der Waals surface area (Å²) in [5.74, 6) is -0.353. The minimum Gasteiger partial charge on any atom is -0.492 e. The SMILES string of the molecule is COc1c(Nc2ccnc3c2CCC3O)ccc(NCCc2c[nH]c3c(CO)cccc23)c1F. The van der Waals surface area contributed by atoms with E-state index in [-0.39, 0.29) is 12.4 Å². The Bertz CT molecular complexity index is 1340. The van der Waals surface area contributed by atoms with E-state index in [9.17, 15) is 10.2 Å². The van der Waals surface area contributed by atoms with E-state index in [1.807, 2.05) is 30.5 Å². The molecule has 1 unspecified atom stereocenters. The number of methoxy groups -OCH3 is 1. The molecule has 0 aliphatic heterocycles. The van der Waals surface area contributed by atoms with Gasteiger partial charge in [0.05, 0.1) is 42.4 Å². The molecule has 2 heterocycles. The van der Waals surface area contributed by atoms with Crippen LogP contribution >= 0.6 is 0 Å². The number of H-pyrrole nitrogens is 1. The molecule has 0 radical (unpaired) electrons. The first-order valence-corrected chi connectivity index (χ1v) is 11.3. The predicted molar refractivity (Wildman–Crippen MR) is 130 cm³/mol. The van der Waals surface area contributed by atoms with Gasteiger partial charge in [0.1, 0.15) is 0 Å². The van der Waals surface area contributed by atoms with Crippen LogP contribution in [0, 0.1) is 5.82 Å². The summed E-state index contributed by atoms with van der Waals surface area (Å²) < 4.78 is 20.7. The van der Waals surface area contributed by atoms with E-state index in [0.29, 0.717) is 42.9 Å². The third kappa shape index (κ3) is 3.95. The summed E-state index contributed by atoms with van der Waals surface area (Å²) in [4.78, 5) is 7.51. The Balaban J connectivity index is 1.32. The fourth-order valence-corrected chi connectivity index (χ4v) is 4.67. The number of benzene rings is 2. The number of aromatic nitrogens is 2. The Kier molecular flexibility index (Phi) is 6.08. The summed E-state index contributed by atoms with van der Waals surface area (Å²) in [6, 6.07) is 11.1. The van der Waals surface area contributed by atoms with E-state index in [2.05, 4.69) is 20.6 Å². The van der Waals surface area contributed by atoms with Gasteiger partial charge in [-0.2, -0.15) is 0 Å². The zero-order valence-corrected chi connectivity index (χ0v) is 18.9. The van der Waals surface area contributed by atoms with Gasteiger partial charge in [0.15, 0.2) is 11.6 Å². The van der Waals surface area contributed by atoms with Gasteiger partial charge < -0.3 is 30.6 Å². The van der Waals surface area contributed by atoms with E-state index in [1.54, 1.807) is 18.3 Å². The maximum atomic E-state index is 15.3. The van der Waals surface area contributed by atoms with Crippen molar-refractivity contribution >= 4 is 28.0 Å². The molecule has 1 aliphatic carbocycles. The predicted octanol–water partition coefficient (Wildman–Crippen LogP) is 4.58. The number of fused-ring (bicyclic) bond motifs is 2. The highest BCUT2D eigenvalue weighted by Gasteiger charge is 2.25. The number of aliphatic hydroxyl groups excluding tert-OH is 2. The molecule has 1 aliphatic rings. The number of anilines is 3. The first-order chi connectivity index (χ1) is 16.6. The lowest BCUT2D eigenvalue weighted by Gasteiger charge is -2.17. The van der Waals surface area contributed by atoms with Crippen molar-refractivity contribution in [1.29, 1.82) is 0 Å². The van der Waals surface area contributed by atoms with E-state index < -0.39 is 11.9 Å². The number of ether oxygens (including phenoxy) is 1. The topological polar surface area (TPSA) is 102 Å². The molecule has 4 aromatic rings. The molecule has 5 N–H and O–H groups in total. The highest BCUT2D eigenvalue weighted by molar-refractivity contribution is 5.86. The van der Waals surface area contributed by atoms with E-state index in [0.717, 1.165) is 33.3 Å². The molecule has 5 rings (SSSR count). The van der Waals surface area contributed by atoms with E-state index in [4.69, 9.17) is 4.74 Å². The first-order valence-electron chi connectivity index (χ1n) is 11.3. The van der Waals surface area contributed by atoms with Crippen LogP contribution in [-0.2, 0) is 19.4 Å². The van der Waals surface area contributed by atoms with Crippen LogP contribution in [0.25, 0.3) is 10.9 Å². The molecule has 8 heteroatoms. The fourth-order valence-electron chi connectivity index (χ4n) is 4.67. The largest absolute Gasteiger partial charge is 0.492 e. The van der Waals surface area contributed by atoms with Crippen molar-refractivity contribution in [3.63, 3.8) is 0 Å². The number of halogens is 1. The molecule has 7 nitrogen and oxygen atoms in total. The number of rotatable bonds is 8. The molecular weight excluding hydrogens is 435 g/mol. The maximum Gasteiger partial charge on any atom is 0.190 e. The Morgan fingerprint density at radius 1 is 1.15 bits per heavy atom. The number of nitrogens with one attached hydrogen (secondary N) is 3. The number of aliphatic hydroxyl groups is 2. The number of nitrogens with zero attached hydrogens (tertiary/aromatic N) is 1.